The number of piperidine rings is 1. The molecule has 3 aromatic rings. The molecule has 0 spiro atoms. The van der Waals surface area contributed by atoms with Gasteiger partial charge in [0.15, 0.2) is 11.0 Å². The van der Waals surface area contributed by atoms with Gasteiger partial charge < -0.3 is 4.90 Å². The van der Waals surface area contributed by atoms with Crippen LogP contribution >= 0.6 is 23.4 Å². The Morgan fingerprint density at radius 1 is 1.09 bits per heavy atom. The second kappa shape index (κ2) is 11.4. The molecule has 1 aromatic heterocycles. The van der Waals surface area contributed by atoms with Gasteiger partial charge in [-0.3, -0.25) is 14.3 Å². The number of hydrogen-bond donors (Lipinski definition) is 0. The summed E-state index contributed by atoms with van der Waals surface area (Å²) in [5, 5.41) is 10.3. The topological polar surface area (TPSA) is 54.3 Å². The van der Waals surface area contributed by atoms with E-state index < -0.39 is 0 Å². The first-order chi connectivity index (χ1) is 16.4. The SMILES string of the molecule is CC(c1nnc(SCC(=O)N2CCC(Cc3ccccc3)CC2)n1-c1ccc(Cl)cc1)N(C)C. The number of thioether (sulfide) groups is 1. The fourth-order valence-corrected chi connectivity index (χ4v) is 5.25. The van der Waals surface area contributed by atoms with Gasteiger partial charge in [0.1, 0.15) is 0 Å². The van der Waals surface area contributed by atoms with E-state index in [1.165, 1.54) is 17.3 Å². The van der Waals surface area contributed by atoms with Crippen LogP contribution in [0.15, 0.2) is 59.8 Å². The first kappa shape index (κ1) is 24.8. The van der Waals surface area contributed by atoms with Crippen molar-refractivity contribution < 1.29 is 4.79 Å². The van der Waals surface area contributed by atoms with Crippen LogP contribution in [0.25, 0.3) is 5.69 Å². The van der Waals surface area contributed by atoms with Crippen LogP contribution in [0, 0.1) is 5.92 Å². The van der Waals surface area contributed by atoms with Crippen LogP contribution in [0.3, 0.4) is 0 Å². The highest BCUT2D eigenvalue weighted by Crippen LogP contribution is 2.28. The Morgan fingerprint density at radius 2 is 1.76 bits per heavy atom. The van der Waals surface area contributed by atoms with Gasteiger partial charge in [0.25, 0.3) is 0 Å². The standard InChI is InChI=1S/C26H32ClN5OS/c1-19(30(2)3)25-28-29-26(32(25)23-11-9-22(27)10-12-23)34-18-24(33)31-15-13-21(14-16-31)17-20-7-5-4-6-8-20/h4-12,19,21H,13-18H2,1-3H3. The van der Waals surface area contributed by atoms with Crippen LogP contribution in [-0.2, 0) is 11.2 Å². The van der Waals surface area contributed by atoms with Gasteiger partial charge in [-0.1, -0.05) is 53.7 Å². The summed E-state index contributed by atoms with van der Waals surface area (Å²) in [6.45, 7) is 3.74. The van der Waals surface area contributed by atoms with Crippen molar-refractivity contribution in [1.29, 1.82) is 0 Å². The Balaban J connectivity index is 1.39. The van der Waals surface area contributed by atoms with Gasteiger partial charge in [-0.05, 0) is 76.0 Å². The second-order valence-electron chi connectivity index (χ2n) is 9.09. The molecule has 0 bridgehead atoms. The summed E-state index contributed by atoms with van der Waals surface area (Å²) < 4.78 is 2.03. The maximum atomic E-state index is 13.0. The van der Waals surface area contributed by atoms with E-state index in [1.54, 1.807) is 0 Å². The van der Waals surface area contributed by atoms with E-state index in [0.29, 0.717) is 16.7 Å². The van der Waals surface area contributed by atoms with E-state index in [9.17, 15) is 4.79 Å². The fourth-order valence-electron chi connectivity index (χ4n) is 4.26. The molecule has 0 aliphatic carbocycles. The molecule has 1 unspecified atom stereocenters. The number of hydrogen-bond acceptors (Lipinski definition) is 5. The number of nitrogens with zero attached hydrogens (tertiary/aromatic N) is 5. The van der Waals surface area contributed by atoms with E-state index in [2.05, 4.69) is 52.4 Å². The van der Waals surface area contributed by atoms with E-state index in [-0.39, 0.29) is 11.9 Å². The molecule has 34 heavy (non-hydrogen) atoms. The molecule has 180 valence electrons. The first-order valence-corrected chi connectivity index (χ1v) is 13.1. The number of amides is 1. The van der Waals surface area contributed by atoms with Gasteiger partial charge in [-0.15, -0.1) is 10.2 Å². The Hall–Kier alpha value is -2.35. The fraction of sp³-hybridized carbons (Fsp3) is 0.423. The lowest BCUT2D eigenvalue weighted by molar-refractivity contribution is -0.129. The van der Waals surface area contributed by atoms with Crippen molar-refractivity contribution in [2.24, 2.45) is 5.92 Å². The molecule has 4 rings (SSSR count). The molecular weight excluding hydrogens is 466 g/mol. The third-order valence-electron chi connectivity index (χ3n) is 6.55. The van der Waals surface area contributed by atoms with Crippen molar-refractivity contribution in [3.05, 3.63) is 71.0 Å². The predicted molar refractivity (Wildman–Crippen MR) is 139 cm³/mol. The summed E-state index contributed by atoms with van der Waals surface area (Å²) in [7, 11) is 4.03. The van der Waals surface area contributed by atoms with Gasteiger partial charge in [-0.25, -0.2) is 0 Å². The molecule has 0 N–H and O–H groups in total. The predicted octanol–water partition coefficient (Wildman–Crippen LogP) is 5.12. The number of likely N-dealkylation sites (tertiary alicyclic amines) is 1. The lowest BCUT2D eigenvalue weighted by Gasteiger charge is -2.32. The molecule has 0 saturated carbocycles. The van der Waals surface area contributed by atoms with E-state index >= 15 is 0 Å². The Kier molecular flexibility index (Phi) is 8.29. The highest BCUT2D eigenvalue weighted by molar-refractivity contribution is 7.99. The van der Waals surface area contributed by atoms with Gasteiger partial charge in [0.2, 0.25) is 5.91 Å². The summed E-state index contributed by atoms with van der Waals surface area (Å²) in [6, 6.07) is 18.3. The number of carbonyl (C=O) groups is 1. The van der Waals surface area contributed by atoms with Crippen molar-refractivity contribution >= 4 is 29.3 Å². The summed E-state index contributed by atoms with van der Waals surface area (Å²) in [4.78, 5) is 17.1. The molecule has 1 aliphatic heterocycles. The third-order valence-corrected chi connectivity index (χ3v) is 7.72. The highest BCUT2D eigenvalue weighted by atomic mass is 35.5. The molecular formula is C26H32ClN5OS. The number of carbonyl (C=O) groups excluding carboxylic acids is 1. The Morgan fingerprint density at radius 3 is 2.41 bits per heavy atom. The van der Waals surface area contributed by atoms with E-state index in [1.807, 2.05) is 47.8 Å². The molecule has 2 aromatic carbocycles. The molecule has 8 heteroatoms. The molecule has 1 atom stereocenters. The van der Waals surface area contributed by atoms with Gasteiger partial charge >= 0.3 is 0 Å². The minimum atomic E-state index is 0.0665. The quantitative estimate of drug-likeness (QED) is 0.404. The van der Waals surface area contributed by atoms with Crippen LogP contribution in [-0.4, -0.2) is 63.4 Å². The summed E-state index contributed by atoms with van der Waals surface area (Å²) >= 11 is 7.55. The molecule has 6 nitrogen and oxygen atoms in total. The molecule has 0 radical (unpaired) electrons. The van der Waals surface area contributed by atoms with E-state index in [4.69, 9.17) is 11.6 Å². The minimum Gasteiger partial charge on any atom is -0.342 e. The number of aromatic nitrogens is 3. The van der Waals surface area contributed by atoms with Crippen molar-refractivity contribution in [2.45, 2.75) is 37.4 Å². The van der Waals surface area contributed by atoms with Gasteiger partial charge in [0, 0.05) is 23.8 Å². The van der Waals surface area contributed by atoms with Crippen LogP contribution < -0.4 is 0 Å². The van der Waals surface area contributed by atoms with Crippen LogP contribution in [0.4, 0.5) is 0 Å². The van der Waals surface area contributed by atoms with Crippen LogP contribution in [0.5, 0.6) is 0 Å². The van der Waals surface area contributed by atoms with Crippen molar-refractivity contribution in [1.82, 2.24) is 24.6 Å². The maximum absolute atomic E-state index is 13.0. The summed E-state index contributed by atoms with van der Waals surface area (Å²) in [5.41, 5.74) is 2.32. The van der Waals surface area contributed by atoms with Gasteiger partial charge in [-0.2, -0.15) is 0 Å². The lowest BCUT2D eigenvalue weighted by atomic mass is 9.90. The zero-order valence-electron chi connectivity index (χ0n) is 20.0. The Bertz CT molecular complexity index is 1080. The summed E-state index contributed by atoms with van der Waals surface area (Å²) in [5.74, 6) is 1.99. The molecule has 1 aliphatic rings. The first-order valence-electron chi connectivity index (χ1n) is 11.7. The van der Waals surface area contributed by atoms with E-state index in [0.717, 1.165) is 49.0 Å². The molecule has 1 saturated heterocycles. The monoisotopic (exact) mass is 497 g/mol. The third kappa shape index (κ3) is 6.01. The molecule has 1 amide bonds. The Labute approximate surface area is 211 Å². The second-order valence-corrected chi connectivity index (χ2v) is 10.5. The number of halogens is 1. The minimum absolute atomic E-state index is 0.0665. The highest BCUT2D eigenvalue weighted by Gasteiger charge is 2.25. The zero-order valence-corrected chi connectivity index (χ0v) is 21.6. The average Bonchev–Trinajstić information content (AvgIpc) is 3.27. The number of rotatable bonds is 8. The van der Waals surface area contributed by atoms with Gasteiger partial charge in [0.05, 0.1) is 11.8 Å². The van der Waals surface area contributed by atoms with Crippen molar-refractivity contribution in [3.8, 4) is 5.69 Å². The van der Waals surface area contributed by atoms with Crippen LogP contribution in [0.1, 0.15) is 37.2 Å². The molecule has 1 fully saturated rings. The lowest BCUT2D eigenvalue weighted by Crippen LogP contribution is -2.39. The maximum Gasteiger partial charge on any atom is 0.233 e. The summed E-state index contributed by atoms with van der Waals surface area (Å²) in [6.07, 6.45) is 3.20. The largest absolute Gasteiger partial charge is 0.342 e. The van der Waals surface area contributed by atoms with Crippen molar-refractivity contribution in [3.63, 3.8) is 0 Å². The molecule has 2 heterocycles. The zero-order chi connectivity index (χ0) is 24.1. The number of benzene rings is 2. The normalized spacial score (nSPS) is 15.6. The van der Waals surface area contributed by atoms with Crippen molar-refractivity contribution in [2.75, 3.05) is 32.9 Å². The smallest absolute Gasteiger partial charge is 0.233 e. The van der Waals surface area contributed by atoms with Crippen LogP contribution in [0.2, 0.25) is 5.02 Å². The average molecular weight is 498 g/mol.